The van der Waals surface area contributed by atoms with Crippen molar-refractivity contribution < 1.29 is 9.18 Å². The quantitative estimate of drug-likeness (QED) is 0.416. The molecule has 1 fully saturated rings. The summed E-state index contributed by atoms with van der Waals surface area (Å²) in [5.74, 6) is -0.279. The number of hydrogen-bond donors (Lipinski definition) is 0. The average molecular weight is 440 g/mol. The number of fused-ring (bicyclic) bond motifs is 1. The highest BCUT2D eigenvalue weighted by molar-refractivity contribution is 6.07. The molecule has 1 saturated heterocycles. The van der Waals surface area contributed by atoms with Crippen LogP contribution in [-0.4, -0.2) is 42.0 Å². The molecule has 0 N–H and O–H groups in total. The number of rotatable bonds is 3. The third kappa shape index (κ3) is 4.19. The van der Waals surface area contributed by atoms with Crippen LogP contribution in [0.1, 0.15) is 21.5 Å². The van der Waals surface area contributed by atoms with Gasteiger partial charge in [0.25, 0.3) is 5.91 Å². The number of aromatic nitrogens is 1. The van der Waals surface area contributed by atoms with E-state index in [1.54, 1.807) is 12.1 Å². The van der Waals surface area contributed by atoms with E-state index in [0.29, 0.717) is 24.3 Å². The SMILES string of the molecule is Cc1ccc2nc(-c3ccc(F)cc3)cc(C(=O)N3CCN(c4ccccc4C)CC3)c2c1. The minimum Gasteiger partial charge on any atom is -0.368 e. The largest absolute Gasteiger partial charge is 0.368 e. The molecule has 0 bridgehead atoms. The molecule has 2 heterocycles. The number of benzene rings is 3. The summed E-state index contributed by atoms with van der Waals surface area (Å²) in [5.41, 5.74) is 6.43. The average Bonchev–Trinajstić information content (AvgIpc) is 2.84. The van der Waals surface area contributed by atoms with Gasteiger partial charge in [-0.2, -0.15) is 0 Å². The monoisotopic (exact) mass is 439 g/mol. The predicted molar refractivity (Wildman–Crippen MR) is 131 cm³/mol. The highest BCUT2D eigenvalue weighted by atomic mass is 19.1. The maximum absolute atomic E-state index is 13.7. The van der Waals surface area contributed by atoms with Gasteiger partial charge in [-0.3, -0.25) is 4.79 Å². The molecule has 0 aliphatic carbocycles. The Kier molecular flexibility index (Phi) is 5.55. The van der Waals surface area contributed by atoms with E-state index in [1.807, 2.05) is 42.2 Å². The number of para-hydroxylation sites is 1. The molecule has 0 spiro atoms. The van der Waals surface area contributed by atoms with E-state index < -0.39 is 0 Å². The molecule has 0 saturated carbocycles. The maximum Gasteiger partial charge on any atom is 0.254 e. The molecule has 1 aliphatic heterocycles. The molecule has 3 aromatic carbocycles. The van der Waals surface area contributed by atoms with Gasteiger partial charge in [-0.05, 0) is 67.9 Å². The lowest BCUT2D eigenvalue weighted by atomic mass is 10.0. The van der Waals surface area contributed by atoms with Gasteiger partial charge in [-0.25, -0.2) is 9.37 Å². The van der Waals surface area contributed by atoms with E-state index in [9.17, 15) is 9.18 Å². The van der Waals surface area contributed by atoms with Crippen LogP contribution >= 0.6 is 0 Å². The van der Waals surface area contributed by atoms with E-state index in [-0.39, 0.29) is 11.7 Å². The molecule has 1 amide bonds. The van der Waals surface area contributed by atoms with E-state index in [1.165, 1.54) is 23.4 Å². The van der Waals surface area contributed by atoms with Crippen molar-refractivity contribution >= 4 is 22.5 Å². The lowest BCUT2D eigenvalue weighted by Gasteiger charge is -2.37. The molecule has 33 heavy (non-hydrogen) atoms. The molecule has 0 unspecified atom stereocenters. The van der Waals surface area contributed by atoms with Gasteiger partial charge in [0, 0.05) is 42.8 Å². The van der Waals surface area contributed by atoms with Crippen molar-refractivity contribution in [3.05, 3.63) is 95.3 Å². The summed E-state index contributed by atoms with van der Waals surface area (Å²) >= 11 is 0. The summed E-state index contributed by atoms with van der Waals surface area (Å²) in [6.07, 6.45) is 0. The van der Waals surface area contributed by atoms with Crippen molar-refractivity contribution in [1.82, 2.24) is 9.88 Å². The van der Waals surface area contributed by atoms with Crippen LogP contribution in [-0.2, 0) is 0 Å². The summed E-state index contributed by atoms with van der Waals surface area (Å²) in [5, 5.41) is 0.854. The van der Waals surface area contributed by atoms with Crippen LogP contribution in [0.15, 0.2) is 72.8 Å². The summed E-state index contributed by atoms with van der Waals surface area (Å²) < 4.78 is 13.4. The number of anilines is 1. The molecule has 1 aliphatic rings. The van der Waals surface area contributed by atoms with Crippen LogP contribution in [0.5, 0.6) is 0 Å². The second-order valence-electron chi connectivity index (χ2n) is 8.65. The van der Waals surface area contributed by atoms with Crippen LogP contribution in [0.25, 0.3) is 22.2 Å². The van der Waals surface area contributed by atoms with Gasteiger partial charge in [-0.1, -0.05) is 29.8 Å². The van der Waals surface area contributed by atoms with E-state index in [0.717, 1.165) is 35.1 Å². The van der Waals surface area contributed by atoms with Crippen molar-refractivity contribution in [2.24, 2.45) is 0 Å². The summed E-state index contributed by atoms with van der Waals surface area (Å²) in [6, 6.07) is 22.4. The van der Waals surface area contributed by atoms with Crippen molar-refractivity contribution in [3.8, 4) is 11.3 Å². The molecule has 5 rings (SSSR count). The van der Waals surface area contributed by atoms with Crippen LogP contribution in [0.3, 0.4) is 0 Å². The number of amides is 1. The molecular formula is C28H26FN3O. The van der Waals surface area contributed by atoms with Crippen molar-refractivity contribution in [2.75, 3.05) is 31.1 Å². The number of aryl methyl sites for hydroxylation is 2. The number of nitrogens with zero attached hydrogens (tertiary/aromatic N) is 3. The van der Waals surface area contributed by atoms with Gasteiger partial charge in [0.2, 0.25) is 0 Å². The van der Waals surface area contributed by atoms with E-state index in [2.05, 4.69) is 30.0 Å². The van der Waals surface area contributed by atoms with Crippen LogP contribution in [0.2, 0.25) is 0 Å². The Morgan fingerprint density at radius 1 is 0.879 bits per heavy atom. The lowest BCUT2D eigenvalue weighted by molar-refractivity contribution is 0.0748. The second-order valence-corrected chi connectivity index (χ2v) is 8.65. The first kappa shape index (κ1) is 21.1. The third-order valence-corrected chi connectivity index (χ3v) is 6.36. The van der Waals surface area contributed by atoms with E-state index in [4.69, 9.17) is 4.98 Å². The first-order chi connectivity index (χ1) is 16.0. The normalized spacial score (nSPS) is 14.0. The third-order valence-electron chi connectivity index (χ3n) is 6.36. The van der Waals surface area contributed by atoms with Gasteiger partial charge in [0.15, 0.2) is 0 Å². The predicted octanol–water partition coefficient (Wildman–Crippen LogP) is 5.62. The van der Waals surface area contributed by atoms with Crippen LogP contribution in [0, 0.1) is 19.7 Å². The van der Waals surface area contributed by atoms with Gasteiger partial charge < -0.3 is 9.80 Å². The number of carbonyl (C=O) groups is 1. The van der Waals surface area contributed by atoms with Gasteiger partial charge >= 0.3 is 0 Å². The molecule has 0 radical (unpaired) electrons. The van der Waals surface area contributed by atoms with Crippen LogP contribution < -0.4 is 4.90 Å². The van der Waals surface area contributed by atoms with Crippen molar-refractivity contribution in [3.63, 3.8) is 0 Å². The first-order valence-corrected chi connectivity index (χ1v) is 11.3. The zero-order chi connectivity index (χ0) is 22.9. The Hall–Kier alpha value is -3.73. The Labute approximate surface area is 193 Å². The molecule has 0 atom stereocenters. The zero-order valence-corrected chi connectivity index (χ0v) is 18.9. The Morgan fingerprint density at radius 3 is 2.33 bits per heavy atom. The molecule has 5 heteroatoms. The van der Waals surface area contributed by atoms with E-state index >= 15 is 0 Å². The molecule has 1 aromatic heterocycles. The van der Waals surface area contributed by atoms with Gasteiger partial charge in [-0.15, -0.1) is 0 Å². The van der Waals surface area contributed by atoms with Crippen molar-refractivity contribution in [1.29, 1.82) is 0 Å². The van der Waals surface area contributed by atoms with Crippen molar-refractivity contribution in [2.45, 2.75) is 13.8 Å². The maximum atomic E-state index is 13.7. The number of pyridine rings is 1. The standard InChI is InChI=1S/C28H26FN3O/c1-19-7-12-25-23(17-19)24(18-26(30-25)21-8-10-22(29)11-9-21)28(33)32-15-13-31(14-16-32)27-6-4-3-5-20(27)2/h3-12,17-18H,13-16H2,1-2H3. The number of piperazine rings is 1. The van der Waals surface area contributed by atoms with Crippen LogP contribution in [0.4, 0.5) is 10.1 Å². The molecule has 166 valence electrons. The Balaban J connectivity index is 1.47. The first-order valence-electron chi connectivity index (χ1n) is 11.3. The fraction of sp³-hybridized carbons (Fsp3) is 0.214. The summed E-state index contributed by atoms with van der Waals surface area (Å²) in [6.45, 7) is 7.05. The fourth-order valence-corrected chi connectivity index (χ4v) is 4.52. The minimum absolute atomic E-state index is 0.0146. The zero-order valence-electron chi connectivity index (χ0n) is 18.9. The number of carbonyl (C=O) groups excluding carboxylic acids is 1. The minimum atomic E-state index is -0.294. The highest BCUT2D eigenvalue weighted by Gasteiger charge is 2.25. The fourth-order valence-electron chi connectivity index (χ4n) is 4.52. The van der Waals surface area contributed by atoms with Gasteiger partial charge in [0.05, 0.1) is 16.8 Å². The molecular weight excluding hydrogens is 413 g/mol. The molecule has 4 nitrogen and oxygen atoms in total. The summed E-state index contributed by atoms with van der Waals surface area (Å²) in [7, 11) is 0. The Bertz CT molecular complexity index is 1330. The summed E-state index contributed by atoms with van der Waals surface area (Å²) in [4.78, 5) is 22.7. The smallest absolute Gasteiger partial charge is 0.254 e. The molecule has 4 aromatic rings. The second kappa shape index (κ2) is 8.66. The topological polar surface area (TPSA) is 36.4 Å². The Morgan fingerprint density at radius 2 is 1.61 bits per heavy atom. The highest BCUT2D eigenvalue weighted by Crippen LogP contribution is 2.28. The number of halogens is 1. The lowest BCUT2D eigenvalue weighted by Crippen LogP contribution is -2.49. The van der Waals surface area contributed by atoms with Gasteiger partial charge in [0.1, 0.15) is 5.82 Å². The number of hydrogen-bond acceptors (Lipinski definition) is 3.